The summed E-state index contributed by atoms with van der Waals surface area (Å²) in [5, 5.41) is 0.767. The number of nitrogens with zero attached hydrogens (tertiary/aromatic N) is 3. The van der Waals surface area contributed by atoms with Crippen molar-refractivity contribution >= 4 is 53.4 Å². The maximum absolute atomic E-state index is 13.5. The van der Waals surface area contributed by atoms with Gasteiger partial charge in [-0.2, -0.15) is 0 Å². The van der Waals surface area contributed by atoms with E-state index >= 15 is 0 Å². The molecule has 176 valence electrons. The van der Waals surface area contributed by atoms with Crippen LogP contribution in [0.15, 0.2) is 56.5 Å². The van der Waals surface area contributed by atoms with Gasteiger partial charge in [-0.25, -0.2) is 4.98 Å². The fourth-order valence-electron chi connectivity index (χ4n) is 4.34. The van der Waals surface area contributed by atoms with Gasteiger partial charge in [-0.3, -0.25) is 14.3 Å². The Bertz CT molecular complexity index is 1430. The number of hydrogen-bond donors (Lipinski definition) is 0. The van der Waals surface area contributed by atoms with Crippen LogP contribution in [0.2, 0.25) is 0 Å². The van der Waals surface area contributed by atoms with Crippen molar-refractivity contribution in [3.63, 3.8) is 0 Å². The Morgan fingerprint density at radius 3 is 2.29 bits per heavy atom. The smallest absolute Gasteiger partial charge is 0.262 e. The Balaban J connectivity index is 1.43. The van der Waals surface area contributed by atoms with Crippen molar-refractivity contribution in [3.8, 4) is 11.5 Å². The van der Waals surface area contributed by atoms with Crippen LogP contribution in [0.3, 0.4) is 0 Å². The van der Waals surface area contributed by atoms with Gasteiger partial charge >= 0.3 is 0 Å². The van der Waals surface area contributed by atoms with E-state index < -0.39 is 0 Å². The number of hydrogen-bond acceptors (Lipinski definition) is 6. The Labute approximate surface area is 218 Å². The summed E-state index contributed by atoms with van der Waals surface area (Å²) in [6, 6.07) is 11.8. The van der Waals surface area contributed by atoms with Crippen molar-refractivity contribution in [2.45, 2.75) is 26.1 Å². The van der Waals surface area contributed by atoms with E-state index in [1.165, 1.54) is 10.4 Å². The van der Waals surface area contributed by atoms with Gasteiger partial charge in [0.1, 0.15) is 16.3 Å². The Morgan fingerprint density at radius 2 is 1.65 bits per heavy atom. The Kier molecular flexibility index (Phi) is 6.79. The second-order valence-electron chi connectivity index (χ2n) is 8.24. The molecular formula is C25H23Br2N3O3S. The normalized spacial score (nSPS) is 13.8. The topological polar surface area (TPSA) is 56.6 Å². The van der Waals surface area contributed by atoms with Crippen molar-refractivity contribution < 1.29 is 9.47 Å². The third kappa shape index (κ3) is 4.54. The maximum atomic E-state index is 13.5. The van der Waals surface area contributed by atoms with Gasteiger partial charge in [-0.05, 0) is 59.5 Å². The van der Waals surface area contributed by atoms with Crippen LogP contribution in [-0.2, 0) is 26.1 Å². The lowest BCUT2D eigenvalue weighted by Gasteiger charge is -2.27. The van der Waals surface area contributed by atoms with Gasteiger partial charge in [-0.1, -0.05) is 31.9 Å². The first kappa shape index (κ1) is 23.5. The molecule has 1 aliphatic rings. The molecule has 0 spiro atoms. The van der Waals surface area contributed by atoms with Crippen LogP contribution in [0, 0.1) is 0 Å². The molecule has 0 radical (unpaired) electrons. The van der Waals surface area contributed by atoms with Crippen molar-refractivity contribution in [1.82, 2.24) is 14.5 Å². The highest BCUT2D eigenvalue weighted by Gasteiger charge is 2.24. The molecule has 3 heterocycles. The number of fused-ring (bicyclic) bond motifs is 3. The van der Waals surface area contributed by atoms with E-state index in [1.807, 2.05) is 30.3 Å². The lowest BCUT2D eigenvalue weighted by Crippen LogP contribution is -2.30. The molecule has 0 unspecified atom stereocenters. The molecule has 0 bridgehead atoms. The van der Waals surface area contributed by atoms with Crippen molar-refractivity contribution in [3.05, 3.63) is 83.6 Å². The minimum Gasteiger partial charge on any atom is -0.497 e. The molecule has 0 fully saturated rings. The highest BCUT2D eigenvalue weighted by Crippen LogP contribution is 2.34. The number of halogens is 2. The summed E-state index contributed by atoms with van der Waals surface area (Å²) in [6.45, 7) is 2.94. The van der Waals surface area contributed by atoms with Crippen molar-refractivity contribution in [1.29, 1.82) is 0 Å². The van der Waals surface area contributed by atoms with E-state index in [-0.39, 0.29) is 5.56 Å². The number of benzene rings is 2. The minimum atomic E-state index is 0.0150. The molecule has 34 heavy (non-hydrogen) atoms. The Morgan fingerprint density at radius 1 is 1.00 bits per heavy atom. The predicted molar refractivity (Wildman–Crippen MR) is 142 cm³/mol. The van der Waals surface area contributed by atoms with Gasteiger partial charge in [0.2, 0.25) is 0 Å². The fraction of sp³-hybridized carbons (Fsp3) is 0.280. The van der Waals surface area contributed by atoms with E-state index in [1.54, 1.807) is 36.5 Å². The minimum absolute atomic E-state index is 0.0150. The SMILES string of the molecule is COc1ccc(Br)c(CN2CCc3c(sc4ncn(Cc5cc(OC)ccc5Br)c(=O)c34)C2)c1. The average molecular weight is 605 g/mol. The van der Waals surface area contributed by atoms with Crippen LogP contribution >= 0.6 is 43.2 Å². The first-order chi connectivity index (χ1) is 16.5. The summed E-state index contributed by atoms with van der Waals surface area (Å²) < 4.78 is 14.4. The molecule has 9 heteroatoms. The van der Waals surface area contributed by atoms with E-state index in [2.05, 4.69) is 47.8 Å². The summed E-state index contributed by atoms with van der Waals surface area (Å²) in [6.07, 6.45) is 2.49. The zero-order valence-electron chi connectivity index (χ0n) is 18.8. The molecule has 0 saturated carbocycles. The summed E-state index contributed by atoms with van der Waals surface area (Å²) in [7, 11) is 3.32. The first-order valence-electron chi connectivity index (χ1n) is 10.8. The van der Waals surface area contributed by atoms with E-state index in [0.29, 0.717) is 6.54 Å². The summed E-state index contributed by atoms with van der Waals surface area (Å²) in [5.74, 6) is 1.61. The summed E-state index contributed by atoms with van der Waals surface area (Å²) in [5.41, 5.74) is 3.33. The van der Waals surface area contributed by atoms with Crippen molar-refractivity contribution in [2.75, 3.05) is 20.8 Å². The summed E-state index contributed by atoms with van der Waals surface area (Å²) in [4.78, 5) is 22.6. The van der Waals surface area contributed by atoms with Gasteiger partial charge in [-0.15, -0.1) is 11.3 Å². The largest absolute Gasteiger partial charge is 0.497 e. The van der Waals surface area contributed by atoms with Crippen molar-refractivity contribution in [2.24, 2.45) is 0 Å². The van der Waals surface area contributed by atoms with Gasteiger partial charge in [0.15, 0.2) is 0 Å². The number of ether oxygens (including phenoxy) is 2. The van der Waals surface area contributed by atoms with Crippen LogP contribution in [0.4, 0.5) is 0 Å². The van der Waals surface area contributed by atoms with Gasteiger partial charge < -0.3 is 9.47 Å². The third-order valence-electron chi connectivity index (χ3n) is 6.15. The zero-order chi connectivity index (χ0) is 23.8. The molecule has 0 saturated heterocycles. The number of rotatable bonds is 6. The van der Waals surface area contributed by atoms with Gasteiger partial charge in [0, 0.05) is 33.5 Å². The van der Waals surface area contributed by atoms with Gasteiger partial charge in [0.05, 0.1) is 32.5 Å². The number of methoxy groups -OCH3 is 2. The maximum Gasteiger partial charge on any atom is 0.262 e. The van der Waals surface area contributed by atoms with Crippen LogP contribution in [0.25, 0.3) is 10.2 Å². The van der Waals surface area contributed by atoms with Crippen LogP contribution < -0.4 is 15.0 Å². The van der Waals surface area contributed by atoms with E-state index in [9.17, 15) is 4.79 Å². The molecule has 0 amide bonds. The predicted octanol–water partition coefficient (Wildman–Crippen LogP) is 5.61. The molecule has 5 rings (SSSR count). The van der Waals surface area contributed by atoms with E-state index in [0.717, 1.165) is 67.8 Å². The highest BCUT2D eigenvalue weighted by atomic mass is 79.9. The Hall–Kier alpha value is -2.20. The monoisotopic (exact) mass is 603 g/mol. The molecule has 0 aliphatic carbocycles. The second kappa shape index (κ2) is 9.81. The van der Waals surface area contributed by atoms with Crippen LogP contribution in [0.5, 0.6) is 11.5 Å². The molecule has 1 aliphatic heterocycles. The lowest BCUT2D eigenvalue weighted by molar-refractivity contribution is 0.248. The second-order valence-corrected chi connectivity index (χ2v) is 11.0. The standard InChI is InChI=1S/C25H23Br2N3O3S/c1-32-17-3-5-20(26)15(9-17)11-29-8-7-19-22(13-29)34-24-23(19)25(31)30(14-28-24)12-16-10-18(33-2)4-6-21(16)27/h3-6,9-10,14H,7-8,11-13H2,1-2H3. The fourth-order valence-corrected chi connectivity index (χ4v) is 6.31. The highest BCUT2D eigenvalue weighted by molar-refractivity contribution is 9.10. The first-order valence-corrected chi connectivity index (χ1v) is 13.2. The average Bonchev–Trinajstić information content (AvgIpc) is 3.22. The molecule has 2 aromatic carbocycles. The molecule has 2 aromatic heterocycles. The third-order valence-corrected chi connectivity index (χ3v) is 8.82. The molecule has 4 aromatic rings. The quantitative estimate of drug-likeness (QED) is 0.286. The van der Waals surface area contributed by atoms with Crippen LogP contribution in [0.1, 0.15) is 21.6 Å². The van der Waals surface area contributed by atoms with Gasteiger partial charge in [0.25, 0.3) is 5.56 Å². The molecular weight excluding hydrogens is 582 g/mol. The summed E-state index contributed by atoms with van der Waals surface area (Å²) >= 11 is 8.88. The number of thiophene rings is 1. The molecule has 0 atom stereocenters. The molecule has 6 nitrogen and oxygen atoms in total. The zero-order valence-corrected chi connectivity index (χ0v) is 22.8. The van der Waals surface area contributed by atoms with Crippen LogP contribution in [-0.4, -0.2) is 35.2 Å². The lowest BCUT2D eigenvalue weighted by atomic mass is 10.0. The number of aromatic nitrogens is 2. The van der Waals surface area contributed by atoms with E-state index in [4.69, 9.17) is 9.47 Å². The molecule has 0 N–H and O–H groups in total.